The van der Waals surface area contributed by atoms with Crippen LogP contribution in [0.5, 0.6) is 0 Å². The molecule has 0 fully saturated rings. The van der Waals surface area contributed by atoms with Crippen LogP contribution in [0.1, 0.15) is 11.6 Å². The SMILES string of the molecule is Cn1nccc1Nc1nccc(-c2ccc3c(c2)nnn3[C@H](CO)c2ccc(Cl)c(F)c2)n1. The van der Waals surface area contributed by atoms with Crippen LogP contribution in [0.25, 0.3) is 22.3 Å². The maximum Gasteiger partial charge on any atom is 0.228 e. The van der Waals surface area contributed by atoms with Gasteiger partial charge in [-0.25, -0.2) is 19.0 Å². The number of anilines is 2. The van der Waals surface area contributed by atoms with Gasteiger partial charge in [-0.05, 0) is 35.9 Å². The van der Waals surface area contributed by atoms with E-state index in [1.54, 1.807) is 33.9 Å². The van der Waals surface area contributed by atoms with Crippen molar-refractivity contribution in [1.82, 2.24) is 34.7 Å². The predicted octanol–water partition coefficient (Wildman–Crippen LogP) is 3.74. The van der Waals surface area contributed by atoms with Gasteiger partial charge in [-0.3, -0.25) is 4.68 Å². The summed E-state index contributed by atoms with van der Waals surface area (Å²) in [5.41, 5.74) is 3.36. The summed E-state index contributed by atoms with van der Waals surface area (Å²) in [4.78, 5) is 8.84. The molecule has 0 unspecified atom stereocenters. The van der Waals surface area contributed by atoms with Crippen LogP contribution >= 0.6 is 11.6 Å². The van der Waals surface area contributed by atoms with Crippen molar-refractivity contribution in [1.29, 1.82) is 0 Å². The molecule has 0 radical (unpaired) electrons. The second-order valence-electron chi connectivity index (χ2n) is 7.34. The van der Waals surface area contributed by atoms with Crippen LogP contribution < -0.4 is 5.32 Å². The number of aliphatic hydroxyl groups excluding tert-OH is 1. The van der Waals surface area contributed by atoms with Gasteiger partial charge < -0.3 is 10.4 Å². The van der Waals surface area contributed by atoms with Gasteiger partial charge in [-0.1, -0.05) is 28.9 Å². The molecule has 5 aromatic rings. The summed E-state index contributed by atoms with van der Waals surface area (Å²) in [6.07, 6.45) is 3.35. The summed E-state index contributed by atoms with van der Waals surface area (Å²) in [6, 6.07) is 13.0. The van der Waals surface area contributed by atoms with Crippen LogP contribution in [0.3, 0.4) is 0 Å². The largest absolute Gasteiger partial charge is 0.394 e. The summed E-state index contributed by atoms with van der Waals surface area (Å²) in [5.74, 6) is 0.641. The third-order valence-corrected chi connectivity index (χ3v) is 5.59. The van der Waals surface area contributed by atoms with E-state index in [-0.39, 0.29) is 11.6 Å². The lowest BCUT2D eigenvalue weighted by molar-refractivity contribution is 0.242. The van der Waals surface area contributed by atoms with Crippen LogP contribution in [-0.4, -0.2) is 46.5 Å². The predicted molar refractivity (Wildman–Crippen MR) is 122 cm³/mol. The molecule has 0 bridgehead atoms. The molecule has 11 heteroatoms. The average molecular weight is 465 g/mol. The van der Waals surface area contributed by atoms with Gasteiger partial charge in [0.25, 0.3) is 0 Å². The van der Waals surface area contributed by atoms with Gasteiger partial charge in [0.2, 0.25) is 5.95 Å². The molecule has 2 aromatic carbocycles. The Morgan fingerprint density at radius 1 is 1.12 bits per heavy atom. The first-order chi connectivity index (χ1) is 16.0. The van der Waals surface area contributed by atoms with Crippen molar-refractivity contribution in [3.63, 3.8) is 0 Å². The van der Waals surface area contributed by atoms with Crippen molar-refractivity contribution in [3.05, 3.63) is 77.3 Å². The lowest BCUT2D eigenvalue weighted by Crippen LogP contribution is -2.16. The van der Waals surface area contributed by atoms with E-state index < -0.39 is 11.9 Å². The monoisotopic (exact) mass is 464 g/mol. The van der Waals surface area contributed by atoms with Gasteiger partial charge in [0.15, 0.2) is 0 Å². The highest BCUT2D eigenvalue weighted by molar-refractivity contribution is 6.30. The Morgan fingerprint density at radius 3 is 2.76 bits per heavy atom. The van der Waals surface area contributed by atoms with E-state index in [4.69, 9.17) is 11.6 Å². The Kier molecular flexibility index (Phi) is 5.45. The summed E-state index contributed by atoms with van der Waals surface area (Å²) < 4.78 is 17.2. The minimum atomic E-state index is -0.610. The highest BCUT2D eigenvalue weighted by Gasteiger charge is 2.19. The average Bonchev–Trinajstić information content (AvgIpc) is 3.43. The van der Waals surface area contributed by atoms with Crippen molar-refractivity contribution in [2.24, 2.45) is 7.05 Å². The Morgan fingerprint density at radius 2 is 2.00 bits per heavy atom. The zero-order chi connectivity index (χ0) is 22.9. The van der Waals surface area contributed by atoms with Gasteiger partial charge in [0.1, 0.15) is 23.2 Å². The number of hydrogen-bond acceptors (Lipinski definition) is 7. The van der Waals surface area contributed by atoms with E-state index >= 15 is 0 Å². The molecular formula is C22H18ClFN8O. The number of nitrogens with zero attached hydrogens (tertiary/aromatic N) is 7. The number of fused-ring (bicyclic) bond motifs is 1. The molecule has 0 amide bonds. The topological polar surface area (TPSA) is 107 Å². The zero-order valence-electron chi connectivity index (χ0n) is 17.4. The standard InChI is InChI=1S/C22H18ClFN8O/c1-31-21(7-9-26-31)28-22-25-8-6-17(27-22)13-3-5-19-18(11-13)29-30-32(19)20(12-33)14-2-4-15(23)16(24)10-14/h2-11,20,33H,12H2,1H3,(H,25,27,28)/t20-/m1/s1. The first-order valence-electron chi connectivity index (χ1n) is 10.0. The van der Waals surface area contributed by atoms with E-state index in [2.05, 4.69) is 30.7 Å². The van der Waals surface area contributed by atoms with E-state index in [1.165, 1.54) is 12.1 Å². The molecule has 0 aliphatic rings. The number of benzene rings is 2. The third-order valence-electron chi connectivity index (χ3n) is 5.28. The number of rotatable bonds is 6. The van der Waals surface area contributed by atoms with E-state index in [0.29, 0.717) is 28.2 Å². The Hall–Kier alpha value is -3.89. The molecule has 1 atom stereocenters. The molecule has 33 heavy (non-hydrogen) atoms. The second-order valence-corrected chi connectivity index (χ2v) is 7.75. The Balaban J connectivity index is 1.47. The number of halogens is 2. The van der Waals surface area contributed by atoms with E-state index in [9.17, 15) is 9.50 Å². The van der Waals surface area contributed by atoms with Crippen LogP contribution in [0.15, 0.2) is 60.9 Å². The Bertz CT molecular complexity index is 1450. The molecule has 5 rings (SSSR count). The smallest absolute Gasteiger partial charge is 0.228 e. The lowest BCUT2D eigenvalue weighted by atomic mass is 10.1. The van der Waals surface area contributed by atoms with Crippen LogP contribution in [0, 0.1) is 5.82 Å². The second kappa shape index (κ2) is 8.57. The Labute approximate surface area is 192 Å². The molecule has 166 valence electrons. The molecule has 0 spiro atoms. The molecule has 3 heterocycles. The normalized spacial score (nSPS) is 12.2. The van der Waals surface area contributed by atoms with E-state index in [1.807, 2.05) is 31.3 Å². The maximum absolute atomic E-state index is 14.0. The van der Waals surface area contributed by atoms with E-state index in [0.717, 1.165) is 11.4 Å². The van der Waals surface area contributed by atoms with Crippen molar-refractivity contribution in [2.75, 3.05) is 11.9 Å². The quantitative estimate of drug-likeness (QED) is 0.394. The molecule has 0 aliphatic carbocycles. The molecule has 9 nitrogen and oxygen atoms in total. The fraction of sp³-hybridized carbons (Fsp3) is 0.136. The number of aromatic nitrogens is 7. The summed E-state index contributed by atoms with van der Waals surface area (Å²) in [7, 11) is 1.82. The number of nitrogens with one attached hydrogen (secondary N) is 1. The van der Waals surface area contributed by atoms with Crippen molar-refractivity contribution in [2.45, 2.75) is 6.04 Å². The minimum Gasteiger partial charge on any atom is -0.394 e. The molecule has 0 saturated heterocycles. The highest BCUT2D eigenvalue weighted by Crippen LogP contribution is 2.28. The number of aliphatic hydroxyl groups is 1. The summed E-state index contributed by atoms with van der Waals surface area (Å²) in [6.45, 7) is -0.282. The van der Waals surface area contributed by atoms with Crippen LogP contribution in [0.4, 0.5) is 16.2 Å². The molecular weight excluding hydrogens is 447 g/mol. The third kappa shape index (κ3) is 4.01. The fourth-order valence-electron chi connectivity index (χ4n) is 3.57. The van der Waals surface area contributed by atoms with Crippen LogP contribution in [0.2, 0.25) is 5.02 Å². The zero-order valence-corrected chi connectivity index (χ0v) is 18.1. The van der Waals surface area contributed by atoms with Crippen molar-refractivity contribution < 1.29 is 9.50 Å². The van der Waals surface area contributed by atoms with Crippen molar-refractivity contribution in [3.8, 4) is 11.3 Å². The van der Waals surface area contributed by atoms with Gasteiger partial charge in [-0.15, -0.1) is 5.10 Å². The first-order valence-corrected chi connectivity index (χ1v) is 10.4. The fourth-order valence-corrected chi connectivity index (χ4v) is 3.68. The molecule has 0 saturated carbocycles. The van der Waals surface area contributed by atoms with Gasteiger partial charge in [-0.2, -0.15) is 5.10 Å². The summed E-state index contributed by atoms with van der Waals surface area (Å²) >= 11 is 5.79. The lowest BCUT2D eigenvalue weighted by Gasteiger charge is -2.16. The molecule has 3 aromatic heterocycles. The van der Waals surface area contributed by atoms with Gasteiger partial charge in [0.05, 0.1) is 29.0 Å². The molecule has 0 aliphatic heterocycles. The number of hydrogen-bond donors (Lipinski definition) is 2. The summed E-state index contributed by atoms with van der Waals surface area (Å²) in [5, 5.41) is 25.7. The molecule has 2 N–H and O–H groups in total. The van der Waals surface area contributed by atoms with Gasteiger partial charge >= 0.3 is 0 Å². The first kappa shape index (κ1) is 21.0. The van der Waals surface area contributed by atoms with Crippen molar-refractivity contribution >= 4 is 34.4 Å². The minimum absolute atomic E-state index is 0.0191. The highest BCUT2D eigenvalue weighted by atomic mass is 35.5. The van der Waals surface area contributed by atoms with Gasteiger partial charge in [0, 0.05) is 24.9 Å². The number of aryl methyl sites for hydroxylation is 1. The maximum atomic E-state index is 14.0. The van der Waals surface area contributed by atoms with Crippen LogP contribution in [-0.2, 0) is 7.05 Å².